The van der Waals surface area contributed by atoms with Crippen LogP contribution in [-0.2, 0) is 0 Å². The maximum absolute atomic E-state index is 13.8. The van der Waals surface area contributed by atoms with E-state index in [4.69, 9.17) is 15.2 Å². The van der Waals surface area contributed by atoms with Crippen molar-refractivity contribution >= 4 is 11.8 Å². The van der Waals surface area contributed by atoms with E-state index in [2.05, 4.69) is 0 Å². The molecule has 0 aliphatic rings. The minimum Gasteiger partial charge on any atom is -0.492 e. The molecule has 1 aromatic rings. The fourth-order valence-electron chi connectivity index (χ4n) is 1.53. The molecule has 0 spiro atoms. The van der Waals surface area contributed by atoms with Gasteiger partial charge in [0.1, 0.15) is 5.82 Å². The van der Waals surface area contributed by atoms with E-state index in [1.165, 1.54) is 32.0 Å². The number of halogens is 1. The SMILES string of the molecule is COc1c(C(C)N)cc(F)c(SC)c1OC. The van der Waals surface area contributed by atoms with Gasteiger partial charge in [0.2, 0.25) is 0 Å². The van der Waals surface area contributed by atoms with Gasteiger partial charge in [0.25, 0.3) is 0 Å². The largest absolute Gasteiger partial charge is 0.492 e. The first-order valence-corrected chi connectivity index (χ1v) is 6.03. The van der Waals surface area contributed by atoms with Gasteiger partial charge in [0.15, 0.2) is 11.5 Å². The minimum absolute atomic E-state index is 0.311. The first-order chi connectivity index (χ1) is 7.56. The van der Waals surface area contributed by atoms with Gasteiger partial charge in [-0.25, -0.2) is 4.39 Å². The molecule has 16 heavy (non-hydrogen) atoms. The van der Waals surface area contributed by atoms with Gasteiger partial charge in [-0.1, -0.05) is 0 Å². The van der Waals surface area contributed by atoms with Gasteiger partial charge in [0.05, 0.1) is 19.1 Å². The second kappa shape index (κ2) is 5.41. The number of hydrogen-bond acceptors (Lipinski definition) is 4. The van der Waals surface area contributed by atoms with Crippen LogP contribution in [-0.4, -0.2) is 20.5 Å². The summed E-state index contributed by atoms with van der Waals surface area (Å²) in [5.74, 6) is 0.572. The maximum atomic E-state index is 13.8. The highest BCUT2D eigenvalue weighted by Gasteiger charge is 2.21. The van der Waals surface area contributed by atoms with Gasteiger partial charge in [-0.15, -0.1) is 11.8 Å². The summed E-state index contributed by atoms with van der Waals surface area (Å²) in [6, 6.07) is 1.09. The molecule has 1 unspecified atom stereocenters. The molecule has 2 N–H and O–H groups in total. The van der Waals surface area contributed by atoms with Gasteiger partial charge >= 0.3 is 0 Å². The monoisotopic (exact) mass is 245 g/mol. The molecule has 0 amide bonds. The van der Waals surface area contributed by atoms with Crippen LogP contribution in [0.25, 0.3) is 0 Å². The number of rotatable bonds is 4. The van der Waals surface area contributed by atoms with E-state index < -0.39 is 0 Å². The van der Waals surface area contributed by atoms with Crippen LogP contribution in [0.5, 0.6) is 11.5 Å². The predicted octanol–water partition coefficient (Wildman–Crippen LogP) is 2.58. The summed E-state index contributed by atoms with van der Waals surface area (Å²) in [4.78, 5) is 0.434. The molecule has 0 heterocycles. The lowest BCUT2D eigenvalue weighted by molar-refractivity contribution is 0.338. The summed E-state index contributed by atoms with van der Waals surface area (Å²) in [6.07, 6.45) is 1.78. The Balaban J connectivity index is 3.50. The van der Waals surface area contributed by atoms with E-state index >= 15 is 0 Å². The number of nitrogens with two attached hydrogens (primary N) is 1. The van der Waals surface area contributed by atoms with Crippen molar-refractivity contribution in [2.24, 2.45) is 5.73 Å². The minimum atomic E-state index is -0.336. The van der Waals surface area contributed by atoms with Crippen molar-refractivity contribution in [3.8, 4) is 11.5 Å². The van der Waals surface area contributed by atoms with Crippen LogP contribution in [0.4, 0.5) is 4.39 Å². The molecule has 0 radical (unpaired) electrons. The molecule has 0 aromatic heterocycles. The third-order valence-corrected chi connectivity index (χ3v) is 3.07. The van der Waals surface area contributed by atoms with E-state index in [0.29, 0.717) is 22.0 Å². The van der Waals surface area contributed by atoms with Crippen molar-refractivity contribution in [2.75, 3.05) is 20.5 Å². The van der Waals surface area contributed by atoms with Crippen molar-refractivity contribution < 1.29 is 13.9 Å². The van der Waals surface area contributed by atoms with Crippen molar-refractivity contribution in [3.05, 3.63) is 17.4 Å². The Hall–Kier alpha value is -0.940. The lowest BCUT2D eigenvalue weighted by Gasteiger charge is -2.18. The molecule has 0 fully saturated rings. The summed E-state index contributed by atoms with van der Waals surface area (Å²) < 4.78 is 24.2. The lowest BCUT2D eigenvalue weighted by Crippen LogP contribution is -2.09. The normalized spacial score (nSPS) is 12.4. The Bertz CT molecular complexity index is 383. The van der Waals surface area contributed by atoms with Crippen molar-refractivity contribution in [3.63, 3.8) is 0 Å². The summed E-state index contributed by atoms with van der Waals surface area (Å²) in [6.45, 7) is 1.77. The Labute approximate surface area is 99.1 Å². The molecule has 0 aliphatic heterocycles. The number of thioether (sulfide) groups is 1. The van der Waals surface area contributed by atoms with Crippen molar-refractivity contribution in [1.29, 1.82) is 0 Å². The van der Waals surface area contributed by atoms with Gasteiger partial charge in [-0.2, -0.15) is 0 Å². The molecular weight excluding hydrogens is 229 g/mol. The Kier molecular flexibility index (Phi) is 4.44. The second-order valence-corrected chi connectivity index (χ2v) is 4.15. The number of benzene rings is 1. The number of ether oxygens (including phenoxy) is 2. The van der Waals surface area contributed by atoms with Crippen LogP contribution >= 0.6 is 11.8 Å². The fourth-order valence-corrected chi connectivity index (χ4v) is 2.15. The summed E-state index contributed by atoms with van der Waals surface area (Å²) in [5, 5.41) is 0. The van der Waals surface area contributed by atoms with E-state index in [9.17, 15) is 4.39 Å². The molecule has 3 nitrogen and oxygen atoms in total. The molecule has 5 heteroatoms. The average Bonchev–Trinajstić information content (AvgIpc) is 2.27. The van der Waals surface area contributed by atoms with E-state index in [1.54, 1.807) is 13.2 Å². The van der Waals surface area contributed by atoms with Crippen molar-refractivity contribution in [2.45, 2.75) is 17.9 Å². The summed E-state index contributed by atoms with van der Waals surface area (Å²) >= 11 is 1.28. The fraction of sp³-hybridized carbons (Fsp3) is 0.455. The summed E-state index contributed by atoms with van der Waals surface area (Å²) in [7, 11) is 3.01. The van der Waals surface area contributed by atoms with Crippen molar-refractivity contribution in [1.82, 2.24) is 0 Å². The molecule has 90 valence electrons. The van der Waals surface area contributed by atoms with E-state index in [-0.39, 0.29) is 11.9 Å². The number of methoxy groups -OCH3 is 2. The van der Waals surface area contributed by atoms with Gasteiger partial charge in [0, 0.05) is 11.6 Å². The summed E-state index contributed by atoms with van der Waals surface area (Å²) in [5.41, 5.74) is 6.37. The molecule has 1 atom stereocenters. The third kappa shape index (κ3) is 2.25. The first kappa shape index (κ1) is 13.1. The van der Waals surface area contributed by atoms with E-state index in [0.717, 1.165) is 0 Å². The molecule has 0 bridgehead atoms. The molecular formula is C11H16FNO2S. The van der Waals surface area contributed by atoms with Crippen LogP contribution < -0.4 is 15.2 Å². The topological polar surface area (TPSA) is 44.5 Å². The molecule has 0 saturated carbocycles. The van der Waals surface area contributed by atoms with E-state index in [1.807, 2.05) is 0 Å². The first-order valence-electron chi connectivity index (χ1n) is 4.80. The molecule has 0 aliphatic carbocycles. The standard InChI is InChI=1S/C11H16FNO2S/c1-6(13)7-5-8(12)11(16-4)10(15-3)9(7)14-2/h5-6H,13H2,1-4H3. The highest BCUT2D eigenvalue weighted by atomic mass is 32.2. The zero-order valence-electron chi connectivity index (χ0n) is 9.83. The lowest BCUT2D eigenvalue weighted by atomic mass is 10.1. The van der Waals surface area contributed by atoms with Gasteiger partial charge in [-0.3, -0.25) is 0 Å². The molecule has 1 rings (SSSR count). The maximum Gasteiger partial charge on any atom is 0.177 e. The number of hydrogen-bond donors (Lipinski definition) is 1. The van der Waals surface area contributed by atoms with Gasteiger partial charge < -0.3 is 15.2 Å². The van der Waals surface area contributed by atoms with Crippen LogP contribution in [0.3, 0.4) is 0 Å². The predicted molar refractivity (Wildman–Crippen MR) is 63.9 cm³/mol. The van der Waals surface area contributed by atoms with Crippen LogP contribution in [0, 0.1) is 5.82 Å². The average molecular weight is 245 g/mol. The zero-order valence-corrected chi connectivity index (χ0v) is 10.7. The molecule has 1 aromatic carbocycles. The second-order valence-electron chi connectivity index (χ2n) is 3.34. The smallest absolute Gasteiger partial charge is 0.177 e. The Morgan fingerprint density at radius 1 is 1.31 bits per heavy atom. The van der Waals surface area contributed by atoms with Crippen LogP contribution in [0.2, 0.25) is 0 Å². The highest BCUT2D eigenvalue weighted by Crippen LogP contribution is 2.42. The van der Waals surface area contributed by atoms with Crippen LogP contribution in [0.15, 0.2) is 11.0 Å². The third-order valence-electron chi connectivity index (χ3n) is 2.28. The zero-order chi connectivity index (χ0) is 12.3. The quantitative estimate of drug-likeness (QED) is 0.828. The molecule has 0 saturated heterocycles. The van der Waals surface area contributed by atoms with Crippen LogP contribution in [0.1, 0.15) is 18.5 Å². The van der Waals surface area contributed by atoms with Gasteiger partial charge in [-0.05, 0) is 19.2 Å². The Morgan fingerprint density at radius 3 is 2.25 bits per heavy atom. The highest BCUT2D eigenvalue weighted by molar-refractivity contribution is 7.98. The Morgan fingerprint density at radius 2 is 1.88 bits per heavy atom.